The largest absolute Gasteiger partial charge is 0.352 e. The van der Waals surface area contributed by atoms with Crippen molar-refractivity contribution in [2.75, 3.05) is 31.9 Å². The number of amides is 1. The minimum Gasteiger partial charge on any atom is -0.352 e. The van der Waals surface area contributed by atoms with Crippen LogP contribution in [0.25, 0.3) is 0 Å². The molecule has 0 aromatic heterocycles. The van der Waals surface area contributed by atoms with Gasteiger partial charge in [0.05, 0.1) is 5.56 Å². The van der Waals surface area contributed by atoms with Crippen LogP contribution >= 0.6 is 11.8 Å². The molecule has 118 valence electrons. The van der Waals surface area contributed by atoms with E-state index in [4.69, 9.17) is 0 Å². The van der Waals surface area contributed by atoms with E-state index < -0.39 is 0 Å². The van der Waals surface area contributed by atoms with E-state index in [9.17, 15) is 9.59 Å². The highest BCUT2D eigenvalue weighted by Gasteiger charge is 2.22. The summed E-state index contributed by atoms with van der Waals surface area (Å²) >= 11 is 1.62. The Morgan fingerprint density at radius 2 is 2.09 bits per heavy atom. The molecule has 0 unspecified atom stereocenters. The molecule has 1 aromatic carbocycles. The average molecular weight is 318 g/mol. The summed E-state index contributed by atoms with van der Waals surface area (Å²) in [5.41, 5.74) is 1.36. The molecule has 4 nitrogen and oxygen atoms in total. The van der Waals surface area contributed by atoms with E-state index in [2.05, 4.69) is 10.2 Å². The Balaban J connectivity index is 1.56. The van der Waals surface area contributed by atoms with Crippen molar-refractivity contribution in [3.63, 3.8) is 0 Å². The summed E-state index contributed by atoms with van der Waals surface area (Å²) < 4.78 is 0. The Morgan fingerprint density at radius 3 is 2.91 bits per heavy atom. The van der Waals surface area contributed by atoms with Crippen LogP contribution in [0, 0.1) is 0 Å². The van der Waals surface area contributed by atoms with Crippen molar-refractivity contribution >= 4 is 23.5 Å². The van der Waals surface area contributed by atoms with Crippen molar-refractivity contribution in [2.45, 2.75) is 30.6 Å². The summed E-state index contributed by atoms with van der Waals surface area (Å²) in [6.07, 6.45) is 4.15. The molecule has 2 aliphatic heterocycles. The topological polar surface area (TPSA) is 49.4 Å². The van der Waals surface area contributed by atoms with E-state index in [0.717, 1.165) is 23.6 Å². The second-order valence-electron chi connectivity index (χ2n) is 5.86. The zero-order chi connectivity index (χ0) is 15.4. The van der Waals surface area contributed by atoms with Crippen molar-refractivity contribution in [2.24, 2.45) is 0 Å². The van der Waals surface area contributed by atoms with Gasteiger partial charge in [-0.1, -0.05) is 12.1 Å². The number of nitrogens with one attached hydrogen (secondary N) is 1. The summed E-state index contributed by atoms with van der Waals surface area (Å²) in [6.45, 7) is 4.13. The summed E-state index contributed by atoms with van der Waals surface area (Å²) in [4.78, 5) is 27.6. The molecule has 0 aliphatic carbocycles. The van der Waals surface area contributed by atoms with Gasteiger partial charge in [0, 0.05) is 29.2 Å². The quantitative estimate of drug-likeness (QED) is 0.848. The molecule has 1 fully saturated rings. The van der Waals surface area contributed by atoms with Gasteiger partial charge in [0.15, 0.2) is 5.78 Å². The highest BCUT2D eigenvalue weighted by molar-refractivity contribution is 7.99. The lowest BCUT2D eigenvalue weighted by molar-refractivity contribution is 0.0949. The molecule has 0 atom stereocenters. The second-order valence-corrected chi connectivity index (χ2v) is 6.97. The van der Waals surface area contributed by atoms with E-state index in [-0.39, 0.29) is 11.7 Å². The van der Waals surface area contributed by atoms with E-state index >= 15 is 0 Å². The number of nitrogens with zero attached hydrogens (tertiary/aromatic N) is 1. The number of carbonyl (C=O) groups is 2. The van der Waals surface area contributed by atoms with Crippen LogP contribution < -0.4 is 5.32 Å². The Hall–Kier alpha value is -1.33. The number of thioether (sulfide) groups is 1. The summed E-state index contributed by atoms with van der Waals surface area (Å²) in [6, 6.07) is 5.45. The van der Waals surface area contributed by atoms with Crippen molar-refractivity contribution in [1.82, 2.24) is 10.2 Å². The van der Waals surface area contributed by atoms with Crippen LogP contribution in [0.4, 0.5) is 0 Å². The number of Topliss-reactive ketones (excluding diaryl/α,β-unsaturated/α-hetero) is 1. The molecule has 22 heavy (non-hydrogen) atoms. The molecule has 0 spiro atoms. The third kappa shape index (κ3) is 3.52. The fourth-order valence-electron chi connectivity index (χ4n) is 3.08. The van der Waals surface area contributed by atoms with E-state index in [0.29, 0.717) is 24.1 Å². The van der Waals surface area contributed by atoms with Crippen LogP contribution in [0.15, 0.2) is 23.1 Å². The first-order valence-corrected chi connectivity index (χ1v) is 9.04. The molecular formula is C17H22N2O2S. The third-order valence-electron chi connectivity index (χ3n) is 4.27. The standard InChI is InChI=1S/C17H22N2O2S/c20-15-7-12-22-16-13(15)5-3-6-14(16)17(21)18-8-4-11-19-9-1-2-10-19/h3,5-6H,1-2,4,7-12H2,(H,18,21). The molecule has 1 amide bonds. The number of ketones is 1. The predicted molar refractivity (Wildman–Crippen MR) is 88.7 cm³/mol. The monoisotopic (exact) mass is 318 g/mol. The van der Waals surface area contributed by atoms with E-state index in [1.165, 1.54) is 25.9 Å². The van der Waals surface area contributed by atoms with E-state index in [1.807, 2.05) is 18.2 Å². The first-order chi connectivity index (χ1) is 10.8. The molecule has 0 radical (unpaired) electrons. The molecule has 1 aromatic rings. The van der Waals surface area contributed by atoms with Crippen LogP contribution in [0.1, 0.15) is 46.4 Å². The number of hydrogen-bond acceptors (Lipinski definition) is 4. The second kappa shape index (κ2) is 7.29. The van der Waals surface area contributed by atoms with Gasteiger partial charge in [0.25, 0.3) is 5.91 Å². The summed E-state index contributed by atoms with van der Waals surface area (Å²) in [5.74, 6) is 0.864. The van der Waals surface area contributed by atoms with Crippen LogP contribution in [-0.2, 0) is 0 Å². The molecule has 3 rings (SSSR count). The molecule has 0 saturated carbocycles. The lowest BCUT2D eigenvalue weighted by atomic mass is 10.0. The molecule has 5 heteroatoms. The van der Waals surface area contributed by atoms with E-state index in [1.54, 1.807) is 11.8 Å². The SMILES string of the molecule is O=C1CCSc2c1cccc2C(=O)NCCCN1CCCC1. The number of rotatable bonds is 5. The fraction of sp³-hybridized carbons (Fsp3) is 0.529. The Labute approximate surface area is 135 Å². The van der Waals surface area contributed by atoms with Crippen LogP contribution in [0.3, 0.4) is 0 Å². The maximum atomic E-state index is 12.4. The number of hydrogen-bond donors (Lipinski definition) is 1. The predicted octanol–water partition coefficient (Wildman–Crippen LogP) is 2.58. The molecule has 0 bridgehead atoms. The lowest BCUT2D eigenvalue weighted by Crippen LogP contribution is -2.29. The first kappa shape index (κ1) is 15.6. The maximum absolute atomic E-state index is 12.4. The Kier molecular flexibility index (Phi) is 5.16. The highest BCUT2D eigenvalue weighted by Crippen LogP contribution is 2.32. The minimum absolute atomic E-state index is 0.0551. The first-order valence-electron chi connectivity index (χ1n) is 8.05. The molecule has 1 saturated heterocycles. The fourth-order valence-corrected chi connectivity index (χ4v) is 4.22. The average Bonchev–Trinajstić information content (AvgIpc) is 3.05. The zero-order valence-electron chi connectivity index (χ0n) is 12.8. The maximum Gasteiger partial charge on any atom is 0.252 e. The van der Waals surface area contributed by atoms with Crippen LogP contribution in [0.2, 0.25) is 0 Å². The smallest absolute Gasteiger partial charge is 0.252 e. The van der Waals surface area contributed by atoms with Gasteiger partial charge in [0.2, 0.25) is 0 Å². The van der Waals surface area contributed by atoms with Crippen LogP contribution in [-0.4, -0.2) is 48.5 Å². The highest BCUT2D eigenvalue weighted by atomic mass is 32.2. The zero-order valence-corrected chi connectivity index (χ0v) is 13.6. The van der Waals surface area contributed by atoms with Gasteiger partial charge in [-0.25, -0.2) is 0 Å². The molecular weight excluding hydrogens is 296 g/mol. The number of fused-ring (bicyclic) bond motifs is 1. The van der Waals surface area contributed by atoms with Gasteiger partial charge >= 0.3 is 0 Å². The Bertz CT molecular complexity index is 568. The lowest BCUT2D eigenvalue weighted by Gasteiger charge is -2.18. The van der Waals surface area contributed by atoms with Crippen molar-refractivity contribution < 1.29 is 9.59 Å². The molecule has 2 heterocycles. The Morgan fingerprint density at radius 1 is 1.27 bits per heavy atom. The van der Waals surface area contributed by atoms with Gasteiger partial charge in [-0.15, -0.1) is 11.8 Å². The van der Waals surface area contributed by atoms with Crippen molar-refractivity contribution in [3.8, 4) is 0 Å². The van der Waals surface area contributed by atoms with Crippen LogP contribution in [0.5, 0.6) is 0 Å². The van der Waals surface area contributed by atoms with Gasteiger partial charge in [0.1, 0.15) is 0 Å². The minimum atomic E-state index is -0.0551. The number of benzene rings is 1. The third-order valence-corrected chi connectivity index (χ3v) is 5.41. The van der Waals surface area contributed by atoms with Crippen molar-refractivity contribution in [1.29, 1.82) is 0 Å². The van der Waals surface area contributed by atoms with Crippen molar-refractivity contribution in [3.05, 3.63) is 29.3 Å². The summed E-state index contributed by atoms with van der Waals surface area (Å²) in [5, 5.41) is 3.00. The molecule has 1 N–H and O–H groups in total. The number of carbonyl (C=O) groups excluding carboxylic acids is 2. The number of likely N-dealkylation sites (tertiary alicyclic amines) is 1. The van der Waals surface area contributed by atoms with Gasteiger partial charge < -0.3 is 10.2 Å². The van der Waals surface area contributed by atoms with Gasteiger partial charge in [-0.3, -0.25) is 9.59 Å². The normalized spacial score (nSPS) is 18.3. The van der Waals surface area contributed by atoms with Gasteiger partial charge in [-0.05, 0) is 45.0 Å². The molecule has 2 aliphatic rings. The summed E-state index contributed by atoms with van der Waals surface area (Å²) in [7, 11) is 0. The van der Waals surface area contributed by atoms with Gasteiger partial charge in [-0.2, -0.15) is 0 Å².